The first-order valence-electron chi connectivity index (χ1n) is 6.67. The van der Waals surface area contributed by atoms with Crippen molar-refractivity contribution >= 4 is 23.6 Å². The molecule has 20 heavy (non-hydrogen) atoms. The fraction of sp³-hybridized carbons (Fsp3) is 0.467. The van der Waals surface area contributed by atoms with Gasteiger partial charge < -0.3 is 10.4 Å². The van der Waals surface area contributed by atoms with E-state index >= 15 is 0 Å². The van der Waals surface area contributed by atoms with E-state index in [0.29, 0.717) is 24.4 Å². The van der Waals surface area contributed by atoms with Crippen molar-refractivity contribution in [2.75, 3.05) is 12.8 Å². The fourth-order valence-electron chi connectivity index (χ4n) is 1.79. The minimum atomic E-state index is -0.769. The van der Waals surface area contributed by atoms with Crippen LogP contribution in [0.25, 0.3) is 0 Å². The number of carbonyl (C=O) groups is 2. The minimum Gasteiger partial charge on any atom is -0.481 e. The van der Waals surface area contributed by atoms with Crippen LogP contribution in [0.5, 0.6) is 0 Å². The Hall–Kier alpha value is -1.49. The Labute approximate surface area is 124 Å². The molecular formula is C15H21NO3S. The fourth-order valence-corrected chi connectivity index (χ4v) is 2.20. The Bertz CT molecular complexity index is 445. The van der Waals surface area contributed by atoms with Crippen LogP contribution in [0.15, 0.2) is 29.2 Å². The predicted molar refractivity (Wildman–Crippen MR) is 81.2 cm³/mol. The Morgan fingerprint density at radius 1 is 1.25 bits per heavy atom. The molecule has 1 aromatic rings. The van der Waals surface area contributed by atoms with Gasteiger partial charge in [0.15, 0.2) is 0 Å². The van der Waals surface area contributed by atoms with E-state index in [0.717, 1.165) is 11.3 Å². The lowest BCUT2D eigenvalue weighted by atomic mass is 10.0. The third-order valence-corrected chi connectivity index (χ3v) is 3.87. The largest absolute Gasteiger partial charge is 0.481 e. The molecule has 0 saturated carbocycles. The van der Waals surface area contributed by atoms with Crippen LogP contribution in [-0.4, -0.2) is 29.8 Å². The van der Waals surface area contributed by atoms with E-state index < -0.39 is 5.97 Å². The maximum atomic E-state index is 11.9. The first kappa shape index (κ1) is 16.6. The standard InChI is InChI=1S/C15H21NO3S/c1-11(3-8-14(17)18)9-10-16-15(19)12-4-6-13(20-2)7-5-12/h4-7,11H,3,8-10H2,1-2H3,(H,16,19)(H,17,18). The second kappa shape index (κ2) is 8.64. The van der Waals surface area contributed by atoms with Crippen molar-refractivity contribution in [2.45, 2.75) is 31.1 Å². The third-order valence-electron chi connectivity index (χ3n) is 3.13. The van der Waals surface area contributed by atoms with Gasteiger partial charge >= 0.3 is 5.97 Å². The Balaban J connectivity index is 2.30. The van der Waals surface area contributed by atoms with Gasteiger partial charge in [-0.15, -0.1) is 11.8 Å². The molecule has 0 aliphatic rings. The summed E-state index contributed by atoms with van der Waals surface area (Å²) in [7, 11) is 0. The number of hydrogen-bond acceptors (Lipinski definition) is 3. The SMILES string of the molecule is CSc1ccc(C(=O)NCCC(C)CCC(=O)O)cc1. The van der Waals surface area contributed by atoms with E-state index in [9.17, 15) is 9.59 Å². The summed E-state index contributed by atoms with van der Waals surface area (Å²) in [4.78, 5) is 23.5. The summed E-state index contributed by atoms with van der Waals surface area (Å²) in [5, 5.41) is 11.5. The van der Waals surface area contributed by atoms with Gasteiger partial charge in [-0.05, 0) is 49.3 Å². The first-order chi connectivity index (χ1) is 9.52. The monoisotopic (exact) mass is 295 g/mol. The molecule has 0 saturated heterocycles. The lowest BCUT2D eigenvalue weighted by Gasteiger charge is -2.11. The quantitative estimate of drug-likeness (QED) is 0.723. The Morgan fingerprint density at radius 2 is 1.90 bits per heavy atom. The molecule has 1 amide bonds. The zero-order valence-corrected chi connectivity index (χ0v) is 12.7. The lowest BCUT2D eigenvalue weighted by molar-refractivity contribution is -0.137. The molecule has 0 spiro atoms. The van der Waals surface area contributed by atoms with Gasteiger partial charge in [0.25, 0.3) is 5.91 Å². The maximum Gasteiger partial charge on any atom is 0.303 e. The van der Waals surface area contributed by atoms with Crippen LogP contribution in [0.3, 0.4) is 0 Å². The van der Waals surface area contributed by atoms with E-state index in [-0.39, 0.29) is 12.3 Å². The van der Waals surface area contributed by atoms with Crippen molar-refractivity contribution in [2.24, 2.45) is 5.92 Å². The predicted octanol–water partition coefficient (Wildman–Crippen LogP) is 3.03. The molecule has 1 atom stereocenters. The highest BCUT2D eigenvalue weighted by atomic mass is 32.2. The topological polar surface area (TPSA) is 66.4 Å². The number of aliphatic carboxylic acids is 1. The molecule has 4 nitrogen and oxygen atoms in total. The number of carboxylic acid groups (broad SMARTS) is 1. The molecule has 0 fully saturated rings. The number of rotatable bonds is 8. The molecule has 1 aromatic carbocycles. The van der Waals surface area contributed by atoms with Crippen molar-refractivity contribution < 1.29 is 14.7 Å². The zero-order valence-electron chi connectivity index (χ0n) is 11.9. The van der Waals surface area contributed by atoms with E-state index in [2.05, 4.69) is 5.32 Å². The number of carbonyl (C=O) groups excluding carboxylic acids is 1. The third kappa shape index (κ3) is 6.10. The highest BCUT2D eigenvalue weighted by Gasteiger charge is 2.08. The molecule has 0 radical (unpaired) electrons. The molecule has 1 unspecified atom stereocenters. The van der Waals surface area contributed by atoms with Crippen LogP contribution in [0, 0.1) is 5.92 Å². The van der Waals surface area contributed by atoms with Crippen molar-refractivity contribution in [3.05, 3.63) is 29.8 Å². The van der Waals surface area contributed by atoms with Crippen molar-refractivity contribution in [1.82, 2.24) is 5.32 Å². The van der Waals surface area contributed by atoms with Crippen LogP contribution < -0.4 is 5.32 Å². The molecule has 0 aliphatic carbocycles. The number of amides is 1. The first-order valence-corrected chi connectivity index (χ1v) is 7.89. The van der Waals surface area contributed by atoms with Crippen molar-refractivity contribution in [3.63, 3.8) is 0 Å². The van der Waals surface area contributed by atoms with Gasteiger partial charge in [-0.2, -0.15) is 0 Å². The summed E-state index contributed by atoms with van der Waals surface area (Å²) in [5.41, 5.74) is 0.654. The van der Waals surface area contributed by atoms with Gasteiger partial charge in [0, 0.05) is 23.4 Å². The second-order valence-corrected chi connectivity index (χ2v) is 5.69. The molecule has 2 N–H and O–H groups in total. The highest BCUT2D eigenvalue weighted by Crippen LogP contribution is 2.15. The number of hydrogen-bond donors (Lipinski definition) is 2. The Morgan fingerprint density at radius 3 is 2.45 bits per heavy atom. The van der Waals surface area contributed by atoms with Gasteiger partial charge in [0.2, 0.25) is 0 Å². The average molecular weight is 295 g/mol. The number of benzene rings is 1. The van der Waals surface area contributed by atoms with Crippen LogP contribution in [0.4, 0.5) is 0 Å². The summed E-state index contributed by atoms with van der Waals surface area (Å²) in [6.45, 7) is 2.58. The van der Waals surface area contributed by atoms with Gasteiger partial charge in [0.1, 0.15) is 0 Å². The number of thioether (sulfide) groups is 1. The van der Waals surface area contributed by atoms with Crippen LogP contribution in [0.2, 0.25) is 0 Å². The van der Waals surface area contributed by atoms with E-state index in [4.69, 9.17) is 5.11 Å². The van der Waals surface area contributed by atoms with Crippen LogP contribution in [-0.2, 0) is 4.79 Å². The van der Waals surface area contributed by atoms with E-state index in [1.165, 1.54) is 0 Å². The highest BCUT2D eigenvalue weighted by molar-refractivity contribution is 7.98. The minimum absolute atomic E-state index is 0.0805. The molecule has 110 valence electrons. The van der Waals surface area contributed by atoms with Crippen LogP contribution in [0.1, 0.15) is 36.5 Å². The second-order valence-electron chi connectivity index (χ2n) is 4.81. The maximum absolute atomic E-state index is 11.9. The molecule has 0 aliphatic heterocycles. The summed E-state index contributed by atoms with van der Waals surface area (Å²) in [5.74, 6) is -0.553. The van der Waals surface area contributed by atoms with Gasteiger partial charge in [-0.1, -0.05) is 6.92 Å². The molecule has 0 aromatic heterocycles. The van der Waals surface area contributed by atoms with Gasteiger partial charge in [0.05, 0.1) is 0 Å². The summed E-state index contributed by atoms with van der Waals surface area (Å²) >= 11 is 1.64. The van der Waals surface area contributed by atoms with Crippen LogP contribution >= 0.6 is 11.8 Å². The summed E-state index contributed by atoms with van der Waals surface area (Å²) < 4.78 is 0. The summed E-state index contributed by atoms with van der Waals surface area (Å²) in [6, 6.07) is 7.48. The van der Waals surface area contributed by atoms with E-state index in [1.807, 2.05) is 37.4 Å². The lowest BCUT2D eigenvalue weighted by Crippen LogP contribution is -2.25. The van der Waals surface area contributed by atoms with Crippen molar-refractivity contribution in [3.8, 4) is 0 Å². The Kier molecular flexibility index (Phi) is 7.15. The molecule has 0 heterocycles. The zero-order chi connectivity index (χ0) is 15.0. The summed E-state index contributed by atoms with van der Waals surface area (Å²) in [6.07, 6.45) is 3.62. The number of nitrogens with one attached hydrogen (secondary N) is 1. The normalized spacial score (nSPS) is 11.9. The van der Waals surface area contributed by atoms with Gasteiger partial charge in [-0.25, -0.2) is 0 Å². The number of carboxylic acids is 1. The molecular weight excluding hydrogens is 274 g/mol. The van der Waals surface area contributed by atoms with E-state index in [1.54, 1.807) is 11.8 Å². The molecule has 5 heteroatoms. The van der Waals surface area contributed by atoms with Crippen molar-refractivity contribution in [1.29, 1.82) is 0 Å². The average Bonchev–Trinajstić information content (AvgIpc) is 2.45. The smallest absolute Gasteiger partial charge is 0.303 e. The van der Waals surface area contributed by atoms with Gasteiger partial charge in [-0.3, -0.25) is 9.59 Å². The molecule has 0 bridgehead atoms. The molecule has 1 rings (SSSR count).